The standard InChI is InChI=1S/C19H20N2O/c1-4-16-9-8-12-18(13-16)20-15(3)19(22)21-14(2)17-10-6-5-7-11-17/h1,5-15,20H,2-3H3,(H,21,22)/t14-,15+/m0/s1. The summed E-state index contributed by atoms with van der Waals surface area (Å²) in [5.41, 5.74) is 2.71. The van der Waals surface area contributed by atoms with Crippen molar-refractivity contribution in [1.82, 2.24) is 5.32 Å². The third kappa shape index (κ3) is 4.13. The second kappa shape index (κ2) is 7.33. The number of hydrogen-bond acceptors (Lipinski definition) is 2. The van der Waals surface area contributed by atoms with Gasteiger partial charge in [-0.3, -0.25) is 4.79 Å². The van der Waals surface area contributed by atoms with E-state index in [9.17, 15) is 4.79 Å². The number of rotatable bonds is 5. The number of carbonyl (C=O) groups is 1. The van der Waals surface area contributed by atoms with Gasteiger partial charge in [-0.05, 0) is 37.6 Å². The number of amides is 1. The summed E-state index contributed by atoms with van der Waals surface area (Å²) in [5.74, 6) is 2.53. The topological polar surface area (TPSA) is 41.1 Å². The first-order valence-electron chi connectivity index (χ1n) is 7.28. The molecule has 0 heterocycles. The minimum atomic E-state index is -0.348. The van der Waals surface area contributed by atoms with E-state index in [0.717, 1.165) is 16.8 Å². The first-order chi connectivity index (χ1) is 10.6. The Hall–Kier alpha value is -2.73. The molecule has 1 amide bonds. The fourth-order valence-corrected chi connectivity index (χ4v) is 2.18. The van der Waals surface area contributed by atoms with Crippen LogP contribution in [0.1, 0.15) is 31.0 Å². The molecule has 2 aromatic rings. The predicted octanol–water partition coefficient (Wildman–Crippen LogP) is 3.35. The summed E-state index contributed by atoms with van der Waals surface area (Å²) in [6.07, 6.45) is 5.38. The van der Waals surface area contributed by atoms with Gasteiger partial charge in [0.05, 0.1) is 6.04 Å². The van der Waals surface area contributed by atoms with Crippen LogP contribution in [-0.2, 0) is 4.79 Å². The van der Waals surface area contributed by atoms with Crippen molar-refractivity contribution in [3.63, 3.8) is 0 Å². The molecule has 0 saturated carbocycles. The van der Waals surface area contributed by atoms with Crippen LogP contribution in [0, 0.1) is 12.3 Å². The number of hydrogen-bond donors (Lipinski definition) is 2. The molecule has 0 fully saturated rings. The minimum Gasteiger partial charge on any atom is -0.374 e. The molecule has 3 nitrogen and oxygen atoms in total. The zero-order valence-electron chi connectivity index (χ0n) is 12.8. The number of benzene rings is 2. The van der Waals surface area contributed by atoms with E-state index in [0.29, 0.717) is 0 Å². The molecule has 2 aromatic carbocycles. The van der Waals surface area contributed by atoms with E-state index in [-0.39, 0.29) is 18.0 Å². The fourth-order valence-electron chi connectivity index (χ4n) is 2.18. The number of carbonyl (C=O) groups excluding carboxylic acids is 1. The zero-order chi connectivity index (χ0) is 15.9. The van der Waals surface area contributed by atoms with Crippen molar-refractivity contribution >= 4 is 11.6 Å². The molecule has 0 aliphatic carbocycles. The molecule has 0 bridgehead atoms. The van der Waals surface area contributed by atoms with Crippen molar-refractivity contribution in [3.8, 4) is 12.3 Å². The van der Waals surface area contributed by atoms with E-state index >= 15 is 0 Å². The molecule has 2 rings (SSSR count). The van der Waals surface area contributed by atoms with Gasteiger partial charge >= 0.3 is 0 Å². The fraction of sp³-hybridized carbons (Fsp3) is 0.211. The maximum absolute atomic E-state index is 12.3. The van der Waals surface area contributed by atoms with Gasteiger partial charge in [0, 0.05) is 11.3 Å². The Morgan fingerprint density at radius 3 is 2.50 bits per heavy atom. The van der Waals surface area contributed by atoms with Gasteiger partial charge in [0.2, 0.25) is 5.91 Å². The van der Waals surface area contributed by atoms with Crippen molar-refractivity contribution in [2.45, 2.75) is 25.9 Å². The van der Waals surface area contributed by atoms with Crippen LogP contribution in [-0.4, -0.2) is 11.9 Å². The van der Waals surface area contributed by atoms with Crippen molar-refractivity contribution in [2.24, 2.45) is 0 Å². The summed E-state index contributed by atoms with van der Waals surface area (Å²) in [7, 11) is 0. The number of anilines is 1. The molecule has 0 radical (unpaired) electrons. The Morgan fingerprint density at radius 2 is 1.82 bits per heavy atom. The second-order valence-corrected chi connectivity index (χ2v) is 5.23. The third-order valence-corrected chi connectivity index (χ3v) is 3.46. The summed E-state index contributed by atoms with van der Waals surface area (Å²) in [4.78, 5) is 12.3. The first-order valence-corrected chi connectivity index (χ1v) is 7.28. The summed E-state index contributed by atoms with van der Waals surface area (Å²) >= 11 is 0. The van der Waals surface area contributed by atoms with Crippen LogP contribution in [0.5, 0.6) is 0 Å². The third-order valence-electron chi connectivity index (χ3n) is 3.46. The summed E-state index contributed by atoms with van der Waals surface area (Å²) in [6, 6.07) is 17.0. The van der Waals surface area contributed by atoms with E-state index in [1.165, 1.54) is 0 Å². The average Bonchev–Trinajstić information content (AvgIpc) is 2.55. The van der Waals surface area contributed by atoms with Crippen LogP contribution in [0.4, 0.5) is 5.69 Å². The molecule has 2 N–H and O–H groups in total. The highest BCUT2D eigenvalue weighted by atomic mass is 16.2. The van der Waals surface area contributed by atoms with E-state index in [1.54, 1.807) is 0 Å². The van der Waals surface area contributed by atoms with Gasteiger partial charge in [0.15, 0.2) is 0 Å². The molecule has 3 heteroatoms. The first kappa shape index (κ1) is 15.7. The van der Waals surface area contributed by atoms with Crippen LogP contribution < -0.4 is 10.6 Å². The molecule has 0 aliphatic heterocycles. The molecule has 0 saturated heterocycles. The zero-order valence-corrected chi connectivity index (χ0v) is 12.8. The Kier molecular flexibility index (Phi) is 5.21. The van der Waals surface area contributed by atoms with Gasteiger partial charge in [-0.25, -0.2) is 0 Å². The Labute approximate surface area is 131 Å². The monoisotopic (exact) mass is 292 g/mol. The molecule has 0 aliphatic rings. The van der Waals surface area contributed by atoms with E-state index < -0.39 is 0 Å². The van der Waals surface area contributed by atoms with E-state index in [4.69, 9.17) is 6.42 Å². The number of terminal acetylenes is 1. The lowest BCUT2D eigenvalue weighted by molar-refractivity contribution is -0.122. The molecular weight excluding hydrogens is 272 g/mol. The average molecular weight is 292 g/mol. The summed E-state index contributed by atoms with van der Waals surface area (Å²) in [6.45, 7) is 3.80. The number of nitrogens with one attached hydrogen (secondary N) is 2. The molecule has 22 heavy (non-hydrogen) atoms. The molecule has 0 aromatic heterocycles. The highest BCUT2D eigenvalue weighted by Gasteiger charge is 2.15. The highest BCUT2D eigenvalue weighted by Crippen LogP contribution is 2.13. The normalized spacial score (nSPS) is 12.8. The highest BCUT2D eigenvalue weighted by molar-refractivity contribution is 5.84. The molecule has 0 spiro atoms. The SMILES string of the molecule is C#Cc1cccc(N[C@H](C)C(=O)N[C@@H](C)c2ccccc2)c1. The van der Waals surface area contributed by atoms with Gasteiger partial charge in [-0.2, -0.15) is 0 Å². The van der Waals surface area contributed by atoms with Crippen molar-refractivity contribution in [1.29, 1.82) is 0 Å². The lowest BCUT2D eigenvalue weighted by atomic mass is 10.1. The van der Waals surface area contributed by atoms with Crippen LogP contribution in [0.3, 0.4) is 0 Å². The lowest BCUT2D eigenvalue weighted by Crippen LogP contribution is -2.38. The Balaban J connectivity index is 1.96. The smallest absolute Gasteiger partial charge is 0.242 e. The maximum Gasteiger partial charge on any atom is 0.242 e. The van der Waals surface area contributed by atoms with Crippen molar-refractivity contribution < 1.29 is 4.79 Å². The molecule has 112 valence electrons. The van der Waals surface area contributed by atoms with Gasteiger partial charge in [-0.1, -0.05) is 42.3 Å². The summed E-state index contributed by atoms with van der Waals surface area (Å²) < 4.78 is 0. The lowest BCUT2D eigenvalue weighted by Gasteiger charge is -2.19. The molecular formula is C19H20N2O. The van der Waals surface area contributed by atoms with Crippen LogP contribution in [0.25, 0.3) is 0 Å². The van der Waals surface area contributed by atoms with Crippen LogP contribution in [0.15, 0.2) is 54.6 Å². The van der Waals surface area contributed by atoms with Crippen molar-refractivity contribution in [2.75, 3.05) is 5.32 Å². The van der Waals surface area contributed by atoms with Crippen molar-refractivity contribution in [3.05, 3.63) is 65.7 Å². The minimum absolute atomic E-state index is 0.0324. The van der Waals surface area contributed by atoms with Gasteiger partial charge in [0.25, 0.3) is 0 Å². The molecule has 0 unspecified atom stereocenters. The van der Waals surface area contributed by atoms with E-state index in [2.05, 4.69) is 16.6 Å². The second-order valence-electron chi connectivity index (χ2n) is 5.23. The Bertz CT molecular complexity index is 673. The van der Waals surface area contributed by atoms with Gasteiger partial charge in [0.1, 0.15) is 6.04 Å². The van der Waals surface area contributed by atoms with Gasteiger partial charge < -0.3 is 10.6 Å². The Morgan fingerprint density at radius 1 is 1.09 bits per heavy atom. The quantitative estimate of drug-likeness (QED) is 0.830. The maximum atomic E-state index is 12.3. The molecule has 2 atom stereocenters. The predicted molar refractivity (Wildman–Crippen MR) is 90.5 cm³/mol. The summed E-state index contributed by atoms with van der Waals surface area (Å²) in [5, 5.41) is 6.17. The van der Waals surface area contributed by atoms with E-state index in [1.807, 2.05) is 68.4 Å². The van der Waals surface area contributed by atoms with Crippen LogP contribution in [0.2, 0.25) is 0 Å². The van der Waals surface area contributed by atoms with Crippen LogP contribution >= 0.6 is 0 Å². The largest absolute Gasteiger partial charge is 0.374 e. The van der Waals surface area contributed by atoms with Gasteiger partial charge in [-0.15, -0.1) is 6.42 Å².